The number of carboxylic acid groups (broad SMARTS) is 1. The van der Waals surface area contributed by atoms with Crippen molar-refractivity contribution in [2.75, 3.05) is 7.11 Å². The van der Waals surface area contributed by atoms with Crippen molar-refractivity contribution >= 4 is 23.2 Å². The molecule has 2 rings (SSSR count). The average molecular weight is 333 g/mol. The van der Waals surface area contributed by atoms with Crippen LogP contribution < -0.4 is 10.1 Å². The van der Waals surface area contributed by atoms with E-state index in [0.29, 0.717) is 23.5 Å². The number of hydrogen-bond acceptors (Lipinski definition) is 4. The molecule has 2 N–H and O–H groups in total. The second-order valence-electron chi connectivity index (χ2n) is 5.14. The summed E-state index contributed by atoms with van der Waals surface area (Å²) in [6.45, 7) is 0. The summed E-state index contributed by atoms with van der Waals surface area (Å²) in [7, 11) is 1.55. The van der Waals surface area contributed by atoms with Gasteiger partial charge >= 0.3 is 5.97 Å². The highest BCUT2D eigenvalue weighted by atomic mass is 32.1. The molecule has 6 heteroatoms. The van der Waals surface area contributed by atoms with E-state index < -0.39 is 5.97 Å². The molecule has 1 atom stereocenters. The lowest BCUT2D eigenvalue weighted by Gasteiger charge is -2.17. The minimum atomic E-state index is -0.866. The van der Waals surface area contributed by atoms with Crippen LogP contribution in [0.2, 0.25) is 0 Å². The lowest BCUT2D eigenvalue weighted by atomic mass is 10.0. The van der Waals surface area contributed by atoms with Crippen LogP contribution in [0.1, 0.15) is 28.1 Å². The molecule has 1 heterocycles. The van der Waals surface area contributed by atoms with Gasteiger partial charge in [0.25, 0.3) is 5.91 Å². The summed E-state index contributed by atoms with van der Waals surface area (Å²) in [4.78, 5) is 23.7. The van der Waals surface area contributed by atoms with Crippen LogP contribution in [0, 0.1) is 0 Å². The average Bonchev–Trinajstić information content (AvgIpc) is 3.02. The first-order valence-corrected chi connectivity index (χ1v) is 8.15. The van der Waals surface area contributed by atoms with Crippen molar-refractivity contribution in [2.45, 2.75) is 25.3 Å². The molecule has 23 heavy (non-hydrogen) atoms. The Labute approximate surface area is 138 Å². The van der Waals surface area contributed by atoms with Gasteiger partial charge in [-0.2, -0.15) is 0 Å². The van der Waals surface area contributed by atoms with Crippen LogP contribution in [-0.4, -0.2) is 30.1 Å². The maximum absolute atomic E-state index is 12.3. The molecule has 5 nitrogen and oxygen atoms in total. The number of nitrogens with one attached hydrogen (secondary N) is 1. The minimum Gasteiger partial charge on any atom is -0.496 e. The highest BCUT2D eigenvalue weighted by molar-refractivity contribution is 7.12. The molecule has 1 aromatic heterocycles. The van der Waals surface area contributed by atoms with Crippen LogP contribution in [0.4, 0.5) is 0 Å². The normalized spacial score (nSPS) is 11.7. The van der Waals surface area contributed by atoms with Crippen molar-refractivity contribution in [3.8, 4) is 5.75 Å². The van der Waals surface area contributed by atoms with Crippen LogP contribution in [0.3, 0.4) is 0 Å². The van der Waals surface area contributed by atoms with Crippen molar-refractivity contribution in [1.82, 2.24) is 5.32 Å². The number of carbonyl (C=O) groups excluding carboxylic acids is 1. The Kier molecular flexibility index (Phi) is 6.17. The molecule has 0 aliphatic rings. The summed E-state index contributed by atoms with van der Waals surface area (Å²) in [5, 5.41) is 13.6. The van der Waals surface area contributed by atoms with Crippen LogP contribution in [0.15, 0.2) is 41.8 Å². The molecule has 1 amide bonds. The Bertz CT molecular complexity index is 654. The van der Waals surface area contributed by atoms with Crippen LogP contribution in [0.25, 0.3) is 0 Å². The van der Waals surface area contributed by atoms with Crippen LogP contribution in [-0.2, 0) is 11.2 Å². The molecular formula is C17H19NO4S. The SMILES string of the molecule is COc1csc(C(=O)NC(CCC(=O)O)Cc2ccccc2)c1. The number of ether oxygens (including phenoxy) is 1. The number of carboxylic acids is 1. The summed E-state index contributed by atoms with van der Waals surface area (Å²) in [5.41, 5.74) is 1.06. The largest absolute Gasteiger partial charge is 0.496 e. The molecule has 0 saturated heterocycles. The maximum Gasteiger partial charge on any atom is 0.303 e. The Morgan fingerprint density at radius 1 is 1.30 bits per heavy atom. The monoisotopic (exact) mass is 333 g/mol. The minimum absolute atomic E-state index is 0.0194. The number of hydrogen-bond donors (Lipinski definition) is 2. The summed E-state index contributed by atoms with van der Waals surface area (Å²) >= 11 is 1.30. The van der Waals surface area contributed by atoms with E-state index in [-0.39, 0.29) is 18.4 Å². The van der Waals surface area contributed by atoms with E-state index in [1.54, 1.807) is 18.6 Å². The van der Waals surface area contributed by atoms with Crippen molar-refractivity contribution < 1.29 is 19.4 Å². The fourth-order valence-corrected chi connectivity index (χ4v) is 2.98. The first-order chi connectivity index (χ1) is 11.1. The van der Waals surface area contributed by atoms with Gasteiger partial charge in [-0.3, -0.25) is 9.59 Å². The van der Waals surface area contributed by atoms with Gasteiger partial charge < -0.3 is 15.2 Å². The van der Waals surface area contributed by atoms with E-state index in [1.165, 1.54) is 11.3 Å². The third kappa shape index (κ3) is 5.41. The summed E-state index contributed by atoms with van der Waals surface area (Å²) < 4.78 is 5.08. The van der Waals surface area contributed by atoms with Gasteiger partial charge in [-0.05, 0) is 18.4 Å². The summed E-state index contributed by atoms with van der Waals surface area (Å²) in [5.74, 6) is -0.426. The number of carbonyl (C=O) groups is 2. The molecule has 1 unspecified atom stereocenters. The first kappa shape index (κ1) is 17.0. The number of aliphatic carboxylic acids is 1. The fraction of sp³-hybridized carbons (Fsp3) is 0.294. The van der Waals surface area contributed by atoms with E-state index in [4.69, 9.17) is 9.84 Å². The molecule has 0 aliphatic heterocycles. The van der Waals surface area contributed by atoms with Gasteiger partial charge in [0, 0.05) is 23.9 Å². The second-order valence-corrected chi connectivity index (χ2v) is 6.05. The zero-order chi connectivity index (χ0) is 16.7. The predicted octanol–water partition coefficient (Wildman–Crippen LogP) is 2.96. The quantitative estimate of drug-likeness (QED) is 0.779. The van der Waals surface area contributed by atoms with Crippen molar-refractivity contribution in [3.05, 3.63) is 52.2 Å². The van der Waals surface area contributed by atoms with Gasteiger partial charge in [-0.1, -0.05) is 30.3 Å². The van der Waals surface area contributed by atoms with Crippen LogP contribution >= 0.6 is 11.3 Å². The number of benzene rings is 1. The fourth-order valence-electron chi connectivity index (χ4n) is 2.22. The third-order valence-electron chi connectivity index (χ3n) is 3.40. The molecule has 1 aromatic carbocycles. The van der Waals surface area contributed by atoms with Gasteiger partial charge in [0.2, 0.25) is 0 Å². The zero-order valence-corrected chi connectivity index (χ0v) is 13.6. The Hall–Kier alpha value is -2.34. The van der Waals surface area contributed by atoms with Crippen molar-refractivity contribution in [1.29, 1.82) is 0 Å². The Morgan fingerprint density at radius 3 is 2.65 bits per heavy atom. The molecule has 0 aliphatic carbocycles. The van der Waals surface area contributed by atoms with E-state index in [9.17, 15) is 9.59 Å². The molecular weight excluding hydrogens is 314 g/mol. The van der Waals surface area contributed by atoms with E-state index in [0.717, 1.165) is 5.56 Å². The number of rotatable bonds is 8. The Morgan fingerprint density at radius 2 is 2.04 bits per heavy atom. The molecule has 122 valence electrons. The van der Waals surface area contributed by atoms with Crippen LogP contribution in [0.5, 0.6) is 5.75 Å². The van der Waals surface area contributed by atoms with E-state index >= 15 is 0 Å². The van der Waals surface area contributed by atoms with Gasteiger partial charge in [-0.15, -0.1) is 11.3 Å². The topological polar surface area (TPSA) is 75.6 Å². The van der Waals surface area contributed by atoms with Gasteiger partial charge in [0.15, 0.2) is 0 Å². The summed E-state index contributed by atoms with van der Waals surface area (Å²) in [6, 6.07) is 11.2. The van der Waals surface area contributed by atoms with E-state index in [1.807, 2.05) is 30.3 Å². The van der Waals surface area contributed by atoms with E-state index in [2.05, 4.69) is 5.32 Å². The van der Waals surface area contributed by atoms with Crippen molar-refractivity contribution in [2.24, 2.45) is 0 Å². The highest BCUT2D eigenvalue weighted by Crippen LogP contribution is 2.21. The molecule has 2 aromatic rings. The summed E-state index contributed by atoms with van der Waals surface area (Å²) in [6.07, 6.45) is 1.01. The molecule has 0 bridgehead atoms. The molecule has 0 fully saturated rings. The lowest BCUT2D eigenvalue weighted by molar-refractivity contribution is -0.137. The second kappa shape index (κ2) is 8.33. The maximum atomic E-state index is 12.3. The predicted molar refractivity (Wildman–Crippen MR) is 89.1 cm³/mol. The van der Waals surface area contributed by atoms with Gasteiger partial charge in [0.1, 0.15) is 5.75 Å². The smallest absolute Gasteiger partial charge is 0.303 e. The van der Waals surface area contributed by atoms with Gasteiger partial charge in [0.05, 0.1) is 12.0 Å². The lowest BCUT2D eigenvalue weighted by Crippen LogP contribution is -2.36. The number of thiophene rings is 1. The van der Waals surface area contributed by atoms with Crippen molar-refractivity contribution in [3.63, 3.8) is 0 Å². The molecule has 0 spiro atoms. The zero-order valence-electron chi connectivity index (χ0n) is 12.8. The number of amides is 1. The third-order valence-corrected chi connectivity index (χ3v) is 4.31. The molecule has 0 radical (unpaired) electrons. The number of methoxy groups -OCH3 is 1. The standard InChI is InChI=1S/C17H19NO4S/c1-22-14-10-15(23-11-14)17(21)18-13(7-8-16(19)20)9-12-5-3-2-4-6-12/h2-6,10-11,13H,7-9H2,1H3,(H,18,21)(H,19,20). The molecule has 0 saturated carbocycles. The Balaban J connectivity index is 2.03. The van der Waals surface area contributed by atoms with Gasteiger partial charge in [-0.25, -0.2) is 0 Å². The highest BCUT2D eigenvalue weighted by Gasteiger charge is 2.17. The first-order valence-electron chi connectivity index (χ1n) is 7.27.